The standard InChI is InChI=1S/C17H22Cl2N2O3/c1-10(4-7-22)17(24)21-5-2-11(3-6-21)16(20)12-8-13(18)14(19)9-15(12)23/h8-9,11,16,22-23H,1-7,20H2/t16-/m1/s1. The quantitative estimate of drug-likeness (QED) is 0.693. The van der Waals surface area contributed by atoms with Crippen molar-refractivity contribution < 1.29 is 15.0 Å². The Bertz CT molecular complexity index is 629. The minimum atomic E-state index is -0.377. The maximum absolute atomic E-state index is 12.2. The van der Waals surface area contributed by atoms with Gasteiger partial charge in [-0.3, -0.25) is 4.79 Å². The monoisotopic (exact) mass is 372 g/mol. The predicted molar refractivity (Wildman–Crippen MR) is 95.2 cm³/mol. The molecule has 0 unspecified atom stereocenters. The number of aliphatic hydroxyl groups excluding tert-OH is 1. The van der Waals surface area contributed by atoms with Crippen molar-refractivity contribution in [3.63, 3.8) is 0 Å². The lowest BCUT2D eigenvalue weighted by Crippen LogP contribution is -2.41. The molecule has 4 N–H and O–H groups in total. The Morgan fingerprint density at radius 3 is 2.50 bits per heavy atom. The zero-order chi connectivity index (χ0) is 17.9. The van der Waals surface area contributed by atoms with Crippen molar-refractivity contribution in [3.8, 4) is 5.75 Å². The van der Waals surface area contributed by atoms with Crippen LogP contribution in [-0.4, -0.2) is 40.7 Å². The molecular weight excluding hydrogens is 351 g/mol. The summed E-state index contributed by atoms with van der Waals surface area (Å²) >= 11 is 11.9. The number of amides is 1. The first kappa shape index (κ1) is 19.1. The number of carbonyl (C=O) groups excluding carboxylic acids is 1. The molecule has 0 spiro atoms. The molecule has 1 amide bonds. The number of phenolic OH excluding ortho intramolecular Hbond substituents is 1. The summed E-state index contributed by atoms with van der Waals surface area (Å²) in [6.45, 7) is 4.78. The van der Waals surface area contributed by atoms with E-state index in [1.807, 2.05) is 0 Å². The zero-order valence-electron chi connectivity index (χ0n) is 13.3. The van der Waals surface area contributed by atoms with E-state index in [-0.39, 0.29) is 41.7 Å². The van der Waals surface area contributed by atoms with E-state index >= 15 is 0 Å². The summed E-state index contributed by atoms with van der Waals surface area (Å²) < 4.78 is 0. The van der Waals surface area contributed by atoms with Crippen molar-refractivity contribution in [1.82, 2.24) is 4.90 Å². The van der Waals surface area contributed by atoms with Gasteiger partial charge in [0.05, 0.1) is 10.0 Å². The van der Waals surface area contributed by atoms with Crippen molar-refractivity contribution in [1.29, 1.82) is 0 Å². The van der Waals surface area contributed by atoms with Crippen LogP contribution in [0.2, 0.25) is 10.0 Å². The zero-order valence-corrected chi connectivity index (χ0v) is 14.9. The Morgan fingerprint density at radius 2 is 1.92 bits per heavy atom. The smallest absolute Gasteiger partial charge is 0.249 e. The molecule has 0 aromatic heterocycles. The molecule has 1 heterocycles. The molecule has 1 saturated heterocycles. The Kier molecular flexibility index (Phi) is 6.52. The van der Waals surface area contributed by atoms with Crippen LogP contribution in [0.25, 0.3) is 0 Å². The van der Waals surface area contributed by atoms with Crippen molar-refractivity contribution >= 4 is 29.1 Å². The average Bonchev–Trinajstić information content (AvgIpc) is 2.57. The molecule has 7 heteroatoms. The van der Waals surface area contributed by atoms with Crippen molar-refractivity contribution in [2.75, 3.05) is 19.7 Å². The number of piperidine rings is 1. The second-order valence-electron chi connectivity index (χ2n) is 6.06. The number of hydrogen-bond donors (Lipinski definition) is 3. The molecule has 0 radical (unpaired) electrons. The number of hydrogen-bond acceptors (Lipinski definition) is 4. The van der Waals surface area contributed by atoms with E-state index in [0.717, 1.165) is 12.8 Å². The lowest BCUT2D eigenvalue weighted by atomic mass is 9.85. The molecular formula is C17H22Cl2N2O3. The van der Waals surface area contributed by atoms with E-state index in [1.54, 1.807) is 11.0 Å². The average molecular weight is 373 g/mol. The highest BCUT2D eigenvalue weighted by Gasteiger charge is 2.29. The predicted octanol–water partition coefficient (Wildman–Crippen LogP) is 2.88. The van der Waals surface area contributed by atoms with Gasteiger partial charge in [-0.25, -0.2) is 0 Å². The second kappa shape index (κ2) is 8.21. The maximum Gasteiger partial charge on any atom is 0.249 e. The van der Waals surface area contributed by atoms with E-state index in [1.165, 1.54) is 6.07 Å². The SMILES string of the molecule is C=C(CCO)C(=O)N1CCC([C@@H](N)c2cc(Cl)c(Cl)cc2O)CC1. The van der Waals surface area contributed by atoms with Gasteiger partial charge < -0.3 is 20.8 Å². The summed E-state index contributed by atoms with van der Waals surface area (Å²) in [4.78, 5) is 13.9. The first-order valence-electron chi connectivity index (χ1n) is 7.86. The van der Waals surface area contributed by atoms with Crippen molar-refractivity contribution in [3.05, 3.63) is 39.9 Å². The molecule has 0 saturated carbocycles. The number of aliphatic hydroxyl groups is 1. The number of halogens is 2. The van der Waals surface area contributed by atoms with Crippen LogP contribution in [-0.2, 0) is 4.79 Å². The molecule has 0 aliphatic carbocycles. The van der Waals surface area contributed by atoms with Gasteiger partial charge in [-0.1, -0.05) is 29.8 Å². The third-order valence-electron chi connectivity index (χ3n) is 4.48. The van der Waals surface area contributed by atoms with Gasteiger partial charge in [0.1, 0.15) is 5.75 Å². The van der Waals surface area contributed by atoms with Gasteiger partial charge in [-0.2, -0.15) is 0 Å². The molecule has 1 fully saturated rings. The third-order valence-corrected chi connectivity index (χ3v) is 5.20. The molecule has 1 aromatic carbocycles. The van der Waals surface area contributed by atoms with Crippen LogP contribution in [0.1, 0.15) is 30.9 Å². The molecule has 24 heavy (non-hydrogen) atoms. The highest BCUT2D eigenvalue weighted by Crippen LogP contribution is 2.37. The molecule has 1 aliphatic heterocycles. The van der Waals surface area contributed by atoms with Crippen LogP contribution in [0.5, 0.6) is 5.75 Å². The summed E-state index contributed by atoms with van der Waals surface area (Å²) in [5.41, 5.74) is 7.29. The molecule has 1 atom stereocenters. The third kappa shape index (κ3) is 4.22. The number of benzene rings is 1. The summed E-state index contributed by atoms with van der Waals surface area (Å²) in [5, 5.41) is 19.6. The van der Waals surface area contributed by atoms with Crippen LogP contribution >= 0.6 is 23.2 Å². The van der Waals surface area contributed by atoms with Crippen LogP contribution in [0, 0.1) is 5.92 Å². The van der Waals surface area contributed by atoms with Gasteiger partial charge >= 0.3 is 0 Å². The number of nitrogens with zero attached hydrogens (tertiary/aromatic N) is 1. The van der Waals surface area contributed by atoms with Gasteiger partial charge in [0, 0.05) is 49.4 Å². The molecule has 0 bridgehead atoms. The maximum atomic E-state index is 12.2. The van der Waals surface area contributed by atoms with Gasteiger partial charge in [0.15, 0.2) is 0 Å². The van der Waals surface area contributed by atoms with E-state index in [9.17, 15) is 9.90 Å². The fraction of sp³-hybridized carbons (Fsp3) is 0.471. The number of aromatic hydroxyl groups is 1. The first-order chi connectivity index (χ1) is 11.3. The molecule has 1 aliphatic rings. The number of likely N-dealkylation sites (tertiary alicyclic amines) is 1. The fourth-order valence-corrected chi connectivity index (χ4v) is 3.33. The van der Waals surface area contributed by atoms with Gasteiger partial charge in [0.2, 0.25) is 5.91 Å². The molecule has 2 rings (SSSR count). The fourth-order valence-electron chi connectivity index (χ4n) is 3.00. The lowest BCUT2D eigenvalue weighted by molar-refractivity contribution is -0.128. The van der Waals surface area contributed by atoms with Crippen LogP contribution in [0.3, 0.4) is 0 Å². The normalized spacial score (nSPS) is 16.9. The Morgan fingerprint density at radius 1 is 1.33 bits per heavy atom. The largest absolute Gasteiger partial charge is 0.508 e. The van der Waals surface area contributed by atoms with Crippen LogP contribution in [0.4, 0.5) is 0 Å². The highest BCUT2D eigenvalue weighted by atomic mass is 35.5. The molecule has 132 valence electrons. The van der Waals surface area contributed by atoms with Crippen molar-refractivity contribution in [2.24, 2.45) is 11.7 Å². The first-order valence-corrected chi connectivity index (χ1v) is 8.62. The molecule has 5 nitrogen and oxygen atoms in total. The van der Waals surface area contributed by atoms with Gasteiger partial charge in [-0.05, 0) is 24.8 Å². The second-order valence-corrected chi connectivity index (χ2v) is 6.87. The summed E-state index contributed by atoms with van der Waals surface area (Å²) in [7, 11) is 0. The Hall–Kier alpha value is -1.27. The van der Waals surface area contributed by atoms with E-state index in [2.05, 4.69) is 6.58 Å². The minimum Gasteiger partial charge on any atom is -0.508 e. The van der Waals surface area contributed by atoms with Gasteiger partial charge in [-0.15, -0.1) is 0 Å². The number of nitrogens with two attached hydrogens (primary N) is 1. The van der Waals surface area contributed by atoms with Gasteiger partial charge in [0.25, 0.3) is 0 Å². The summed E-state index contributed by atoms with van der Waals surface area (Å²) in [6, 6.07) is 2.62. The van der Waals surface area contributed by atoms with Crippen LogP contribution < -0.4 is 5.73 Å². The van der Waals surface area contributed by atoms with E-state index in [4.69, 9.17) is 34.0 Å². The minimum absolute atomic E-state index is 0.0340. The highest BCUT2D eigenvalue weighted by molar-refractivity contribution is 6.42. The topological polar surface area (TPSA) is 86.8 Å². The van der Waals surface area contributed by atoms with E-state index < -0.39 is 0 Å². The van der Waals surface area contributed by atoms with E-state index in [0.29, 0.717) is 29.2 Å². The molecule has 1 aromatic rings. The van der Waals surface area contributed by atoms with Crippen molar-refractivity contribution in [2.45, 2.75) is 25.3 Å². The number of carbonyl (C=O) groups is 1. The lowest BCUT2D eigenvalue weighted by Gasteiger charge is -2.35. The number of rotatable bonds is 5. The Balaban J connectivity index is 2.00. The summed E-state index contributed by atoms with van der Waals surface area (Å²) in [5.74, 6) is 0.0449. The van der Waals surface area contributed by atoms with Crippen LogP contribution in [0.15, 0.2) is 24.3 Å². The number of phenols is 1. The summed E-state index contributed by atoms with van der Waals surface area (Å²) in [6.07, 6.45) is 1.73. The Labute approximate surface area is 151 Å².